The van der Waals surface area contributed by atoms with E-state index in [2.05, 4.69) is 15.6 Å². The van der Waals surface area contributed by atoms with E-state index in [4.69, 9.17) is 16.3 Å². The Labute approximate surface area is 161 Å². The molecule has 3 aromatic rings. The quantitative estimate of drug-likeness (QED) is 0.573. The summed E-state index contributed by atoms with van der Waals surface area (Å²) in [7, 11) is 0. The van der Waals surface area contributed by atoms with Crippen LogP contribution in [-0.2, 0) is 0 Å². The fourth-order valence-electron chi connectivity index (χ4n) is 2.27. The molecule has 3 rings (SSSR count). The minimum atomic E-state index is -0.367. The highest BCUT2D eigenvalue weighted by molar-refractivity contribution is 7.14. The van der Waals surface area contributed by atoms with Crippen LogP contribution in [0, 0.1) is 0 Å². The van der Waals surface area contributed by atoms with E-state index in [-0.39, 0.29) is 12.1 Å². The zero-order chi connectivity index (χ0) is 18.5. The summed E-state index contributed by atoms with van der Waals surface area (Å²) in [6.07, 6.45) is 0.133. The summed E-state index contributed by atoms with van der Waals surface area (Å²) in [6, 6.07) is 14.3. The largest absolute Gasteiger partial charge is 0.491 e. The topological polar surface area (TPSA) is 63.2 Å². The molecule has 7 heteroatoms. The molecular formula is C19H18ClN3O2S. The molecule has 2 N–H and O–H groups in total. The van der Waals surface area contributed by atoms with Crippen LogP contribution in [0.1, 0.15) is 13.8 Å². The summed E-state index contributed by atoms with van der Waals surface area (Å²) in [5, 5.41) is 8.42. The van der Waals surface area contributed by atoms with Gasteiger partial charge in [0, 0.05) is 21.7 Å². The molecule has 5 nitrogen and oxygen atoms in total. The molecule has 0 aliphatic heterocycles. The van der Waals surface area contributed by atoms with Gasteiger partial charge in [-0.05, 0) is 56.3 Å². The van der Waals surface area contributed by atoms with Crippen LogP contribution in [0.25, 0.3) is 11.3 Å². The summed E-state index contributed by atoms with van der Waals surface area (Å²) >= 11 is 7.27. The van der Waals surface area contributed by atoms with Gasteiger partial charge in [0.25, 0.3) is 0 Å². The highest BCUT2D eigenvalue weighted by Crippen LogP contribution is 2.27. The van der Waals surface area contributed by atoms with Crippen LogP contribution in [-0.4, -0.2) is 17.1 Å². The van der Waals surface area contributed by atoms with Crippen molar-refractivity contribution in [2.45, 2.75) is 20.0 Å². The van der Waals surface area contributed by atoms with Crippen molar-refractivity contribution in [1.82, 2.24) is 4.98 Å². The van der Waals surface area contributed by atoms with Crippen molar-refractivity contribution in [3.8, 4) is 17.0 Å². The number of carbonyl (C=O) groups excluding carboxylic acids is 1. The Balaban J connectivity index is 1.63. The molecule has 0 unspecified atom stereocenters. The van der Waals surface area contributed by atoms with Gasteiger partial charge >= 0.3 is 6.03 Å². The second kappa shape index (κ2) is 8.21. The number of halogens is 1. The first-order chi connectivity index (χ1) is 12.5. The van der Waals surface area contributed by atoms with Gasteiger partial charge in [-0.25, -0.2) is 9.78 Å². The van der Waals surface area contributed by atoms with E-state index in [0.29, 0.717) is 15.8 Å². The molecule has 0 atom stereocenters. The lowest BCUT2D eigenvalue weighted by Crippen LogP contribution is -2.19. The lowest BCUT2D eigenvalue weighted by atomic mass is 10.2. The van der Waals surface area contributed by atoms with Crippen LogP contribution in [0.3, 0.4) is 0 Å². The third-order valence-corrected chi connectivity index (χ3v) is 4.32. The molecule has 2 aromatic carbocycles. The van der Waals surface area contributed by atoms with Gasteiger partial charge in [-0.1, -0.05) is 17.7 Å². The van der Waals surface area contributed by atoms with Gasteiger partial charge in [0.05, 0.1) is 11.8 Å². The van der Waals surface area contributed by atoms with E-state index in [0.717, 1.165) is 17.0 Å². The number of hydrogen-bond donors (Lipinski definition) is 2. The highest BCUT2D eigenvalue weighted by atomic mass is 35.5. The molecule has 1 aromatic heterocycles. The molecule has 134 valence electrons. The average molecular weight is 388 g/mol. The van der Waals surface area contributed by atoms with Crippen LogP contribution < -0.4 is 15.4 Å². The minimum Gasteiger partial charge on any atom is -0.491 e. The number of thiazole rings is 1. The molecule has 0 aliphatic rings. The van der Waals surface area contributed by atoms with Gasteiger partial charge in [0.2, 0.25) is 0 Å². The lowest BCUT2D eigenvalue weighted by Gasteiger charge is -2.09. The monoisotopic (exact) mass is 387 g/mol. The smallest absolute Gasteiger partial charge is 0.325 e. The van der Waals surface area contributed by atoms with Gasteiger partial charge in [-0.3, -0.25) is 5.32 Å². The number of urea groups is 1. The number of hydrogen-bond acceptors (Lipinski definition) is 4. The van der Waals surface area contributed by atoms with E-state index in [1.165, 1.54) is 11.3 Å². The number of ether oxygens (including phenoxy) is 1. The van der Waals surface area contributed by atoms with Crippen molar-refractivity contribution in [1.29, 1.82) is 0 Å². The Morgan fingerprint density at radius 1 is 1.15 bits per heavy atom. The van der Waals surface area contributed by atoms with E-state index >= 15 is 0 Å². The number of anilines is 2. The van der Waals surface area contributed by atoms with Crippen molar-refractivity contribution in [2.75, 3.05) is 10.6 Å². The second-order valence-electron chi connectivity index (χ2n) is 5.82. The molecule has 0 saturated carbocycles. The first kappa shape index (κ1) is 18.2. The van der Waals surface area contributed by atoms with Crippen LogP contribution in [0.15, 0.2) is 53.9 Å². The van der Waals surface area contributed by atoms with Crippen molar-refractivity contribution in [2.24, 2.45) is 0 Å². The Kier molecular flexibility index (Phi) is 5.75. The van der Waals surface area contributed by atoms with E-state index < -0.39 is 0 Å². The first-order valence-corrected chi connectivity index (χ1v) is 9.31. The maximum atomic E-state index is 12.1. The molecule has 0 bridgehead atoms. The molecule has 0 spiro atoms. The Bertz CT molecular complexity index is 894. The number of amides is 2. The van der Waals surface area contributed by atoms with E-state index in [1.807, 2.05) is 43.5 Å². The first-order valence-electron chi connectivity index (χ1n) is 8.06. The standard InChI is InChI=1S/C19H18ClN3O2S/c1-12(2)25-16-8-6-13(7-9-16)17-11-26-19(22-17)23-18(24)21-15-5-3-4-14(20)10-15/h3-12H,1-2H3,(H2,21,22,23,24). The molecule has 2 amide bonds. The second-order valence-corrected chi connectivity index (χ2v) is 7.11. The Morgan fingerprint density at radius 3 is 2.62 bits per heavy atom. The van der Waals surface area contributed by atoms with E-state index in [1.54, 1.807) is 24.3 Å². The molecule has 0 radical (unpaired) electrons. The van der Waals surface area contributed by atoms with Gasteiger partial charge in [-0.15, -0.1) is 11.3 Å². The fourth-order valence-corrected chi connectivity index (χ4v) is 3.17. The maximum Gasteiger partial charge on any atom is 0.325 e. The van der Waals surface area contributed by atoms with Gasteiger partial charge < -0.3 is 10.1 Å². The maximum absolute atomic E-state index is 12.1. The summed E-state index contributed by atoms with van der Waals surface area (Å²) in [6.45, 7) is 3.97. The minimum absolute atomic E-state index is 0.133. The number of aromatic nitrogens is 1. The summed E-state index contributed by atoms with van der Waals surface area (Å²) < 4.78 is 5.64. The predicted octanol–water partition coefficient (Wildman–Crippen LogP) is 5.89. The van der Waals surface area contributed by atoms with Crippen molar-refractivity contribution in [3.63, 3.8) is 0 Å². The van der Waals surface area contributed by atoms with Crippen LogP contribution in [0.4, 0.5) is 15.6 Å². The van der Waals surface area contributed by atoms with Gasteiger partial charge in [-0.2, -0.15) is 0 Å². The van der Waals surface area contributed by atoms with E-state index in [9.17, 15) is 4.79 Å². The van der Waals surface area contributed by atoms with Crippen molar-refractivity contribution >= 4 is 39.8 Å². The SMILES string of the molecule is CC(C)Oc1ccc(-c2csc(NC(=O)Nc3cccc(Cl)c3)n2)cc1. The summed E-state index contributed by atoms with van der Waals surface area (Å²) in [4.78, 5) is 16.5. The van der Waals surface area contributed by atoms with Crippen LogP contribution in [0.5, 0.6) is 5.75 Å². The Hall–Kier alpha value is -2.57. The lowest BCUT2D eigenvalue weighted by molar-refractivity contribution is 0.242. The van der Waals surface area contributed by atoms with Crippen LogP contribution >= 0.6 is 22.9 Å². The van der Waals surface area contributed by atoms with Gasteiger partial charge in [0.1, 0.15) is 5.75 Å². The molecular weight excluding hydrogens is 370 g/mol. The predicted molar refractivity (Wildman–Crippen MR) is 107 cm³/mol. The highest BCUT2D eigenvalue weighted by Gasteiger charge is 2.09. The zero-order valence-electron chi connectivity index (χ0n) is 14.3. The third-order valence-electron chi connectivity index (χ3n) is 3.33. The number of carbonyl (C=O) groups is 1. The molecule has 26 heavy (non-hydrogen) atoms. The number of rotatable bonds is 5. The molecule has 0 aliphatic carbocycles. The molecule has 1 heterocycles. The molecule has 0 saturated heterocycles. The number of nitrogens with one attached hydrogen (secondary N) is 2. The van der Waals surface area contributed by atoms with Crippen molar-refractivity contribution in [3.05, 3.63) is 58.9 Å². The summed E-state index contributed by atoms with van der Waals surface area (Å²) in [5.41, 5.74) is 2.37. The fraction of sp³-hybridized carbons (Fsp3) is 0.158. The third kappa shape index (κ3) is 4.97. The Morgan fingerprint density at radius 2 is 1.92 bits per heavy atom. The number of nitrogens with zero attached hydrogens (tertiary/aromatic N) is 1. The molecule has 0 fully saturated rings. The van der Waals surface area contributed by atoms with Crippen LogP contribution in [0.2, 0.25) is 5.02 Å². The van der Waals surface area contributed by atoms with Crippen molar-refractivity contribution < 1.29 is 9.53 Å². The zero-order valence-corrected chi connectivity index (χ0v) is 15.9. The normalized spacial score (nSPS) is 10.6. The summed E-state index contributed by atoms with van der Waals surface area (Å²) in [5.74, 6) is 0.818. The number of benzene rings is 2. The van der Waals surface area contributed by atoms with Gasteiger partial charge in [0.15, 0.2) is 5.13 Å². The average Bonchev–Trinajstić information content (AvgIpc) is 3.03.